The van der Waals surface area contributed by atoms with E-state index in [1.165, 1.54) is 0 Å². The van der Waals surface area contributed by atoms with Crippen LogP contribution in [0.5, 0.6) is 11.5 Å². The highest BCUT2D eigenvalue weighted by Gasteiger charge is 2.22. The lowest BCUT2D eigenvalue weighted by Gasteiger charge is -2.23. The van der Waals surface area contributed by atoms with Crippen LogP contribution in [0.1, 0.15) is 15.9 Å². The van der Waals surface area contributed by atoms with Crippen LogP contribution in [0.25, 0.3) is 0 Å². The molecular weight excluding hydrogens is 278 g/mol. The molecule has 2 rings (SSSR count). The summed E-state index contributed by atoms with van der Waals surface area (Å²) >= 11 is 3.32. The summed E-state index contributed by atoms with van der Waals surface area (Å²) in [5, 5.41) is 8.74. The minimum Gasteiger partial charge on any atom is -0.486 e. The van der Waals surface area contributed by atoms with E-state index in [-0.39, 0.29) is 6.54 Å². The number of carbonyl (C=O) groups excluding carboxylic acids is 1. The van der Waals surface area contributed by atoms with Gasteiger partial charge in [-0.05, 0) is 6.07 Å². The van der Waals surface area contributed by atoms with E-state index in [0.717, 1.165) is 5.56 Å². The zero-order chi connectivity index (χ0) is 11.5. The summed E-state index contributed by atoms with van der Waals surface area (Å²) < 4.78 is 11.6. The van der Waals surface area contributed by atoms with Crippen LogP contribution in [-0.2, 0) is 6.54 Å². The maximum atomic E-state index is 10.9. The molecule has 16 heavy (non-hydrogen) atoms. The van der Waals surface area contributed by atoms with Crippen molar-refractivity contribution in [3.63, 3.8) is 0 Å². The Morgan fingerprint density at radius 3 is 2.75 bits per heavy atom. The van der Waals surface area contributed by atoms with E-state index in [2.05, 4.69) is 21.4 Å². The van der Waals surface area contributed by atoms with Gasteiger partial charge in [-0.15, -0.1) is 0 Å². The average molecular weight is 288 g/mol. The number of benzene rings is 1. The Kier molecular flexibility index (Phi) is 3.42. The standard InChI is InChI=1S/C10H10BrNO4/c11-8-3-6(5-13)9-10(7(8)4-12-14)16-2-1-15-9/h3,5,12,14H,1-2,4H2. The SMILES string of the molecule is O=Cc1cc(Br)c(CNO)c2c1OCCO2. The molecule has 0 fully saturated rings. The highest BCUT2D eigenvalue weighted by Crippen LogP contribution is 2.40. The van der Waals surface area contributed by atoms with Gasteiger partial charge in [0, 0.05) is 10.0 Å². The largest absolute Gasteiger partial charge is 0.486 e. The summed E-state index contributed by atoms with van der Waals surface area (Å²) in [6.45, 7) is 1.06. The molecule has 6 heteroatoms. The summed E-state index contributed by atoms with van der Waals surface area (Å²) in [4.78, 5) is 10.9. The molecule has 5 nitrogen and oxygen atoms in total. The van der Waals surface area contributed by atoms with Crippen molar-refractivity contribution in [1.29, 1.82) is 0 Å². The number of fused-ring (bicyclic) bond motifs is 1. The van der Waals surface area contributed by atoms with Gasteiger partial charge in [0.15, 0.2) is 17.8 Å². The predicted octanol–water partition coefficient (Wildman–Crippen LogP) is 1.51. The van der Waals surface area contributed by atoms with Crippen molar-refractivity contribution >= 4 is 22.2 Å². The van der Waals surface area contributed by atoms with Gasteiger partial charge in [0.2, 0.25) is 0 Å². The Morgan fingerprint density at radius 2 is 2.12 bits per heavy atom. The molecule has 0 atom stereocenters. The summed E-state index contributed by atoms with van der Waals surface area (Å²) in [7, 11) is 0. The Hall–Kier alpha value is -1.11. The number of hydrogen-bond donors (Lipinski definition) is 2. The molecule has 0 saturated heterocycles. The van der Waals surface area contributed by atoms with Gasteiger partial charge in [-0.25, -0.2) is 5.48 Å². The Bertz CT molecular complexity index is 422. The van der Waals surface area contributed by atoms with Gasteiger partial charge in [-0.3, -0.25) is 4.79 Å². The molecular formula is C10H10BrNO4. The average Bonchev–Trinajstić information content (AvgIpc) is 2.32. The van der Waals surface area contributed by atoms with Gasteiger partial charge >= 0.3 is 0 Å². The van der Waals surface area contributed by atoms with Crippen LogP contribution in [-0.4, -0.2) is 24.7 Å². The monoisotopic (exact) mass is 287 g/mol. The molecule has 0 amide bonds. The molecule has 1 aliphatic heterocycles. The fourth-order valence-electron chi connectivity index (χ4n) is 1.59. The highest BCUT2D eigenvalue weighted by atomic mass is 79.9. The lowest BCUT2D eigenvalue weighted by molar-refractivity contribution is 0.111. The van der Waals surface area contributed by atoms with Crippen molar-refractivity contribution in [1.82, 2.24) is 5.48 Å². The molecule has 0 aromatic heterocycles. The Morgan fingerprint density at radius 1 is 1.44 bits per heavy atom. The van der Waals surface area contributed by atoms with Gasteiger partial charge in [0.25, 0.3) is 0 Å². The first-order valence-corrected chi connectivity index (χ1v) is 5.50. The second-order valence-electron chi connectivity index (χ2n) is 3.23. The minimum atomic E-state index is 0.214. The van der Waals surface area contributed by atoms with Gasteiger partial charge in [-0.1, -0.05) is 15.9 Å². The number of halogens is 1. The molecule has 0 unspecified atom stereocenters. The molecule has 1 aromatic rings. The number of aldehydes is 1. The van der Waals surface area contributed by atoms with E-state index >= 15 is 0 Å². The van der Waals surface area contributed by atoms with Crippen molar-refractivity contribution in [2.75, 3.05) is 13.2 Å². The summed E-state index contributed by atoms with van der Waals surface area (Å²) in [5.74, 6) is 0.943. The van der Waals surface area contributed by atoms with Crippen LogP contribution in [0.4, 0.5) is 0 Å². The third kappa shape index (κ3) is 1.91. The normalized spacial score (nSPS) is 13.6. The van der Waals surface area contributed by atoms with Crippen LogP contribution in [0.2, 0.25) is 0 Å². The number of hydrogen-bond acceptors (Lipinski definition) is 5. The molecule has 86 valence electrons. The number of rotatable bonds is 3. The first-order valence-electron chi connectivity index (χ1n) is 4.71. The minimum absolute atomic E-state index is 0.214. The van der Waals surface area contributed by atoms with Crippen LogP contribution < -0.4 is 15.0 Å². The van der Waals surface area contributed by atoms with Crippen LogP contribution in [0.15, 0.2) is 10.5 Å². The Balaban J connectivity index is 2.57. The second-order valence-corrected chi connectivity index (χ2v) is 4.09. The second kappa shape index (κ2) is 4.82. The van der Waals surface area contributed by atoms with Gasteiger partial charge in [0.1, 0.15) is 13.2 Å². The molecule has 0 aliphatic carbocycles. The fourth-order valence-corrected chi connectivity index (χ4v) is 2.15. The van der Waals surface area contributed by atoms with E-state index in [1.54, 1.807) is 6.07 Å². The van der Waals surface area contributed by atoms with Crippen molar-refractivity contribution in [2.24, 2.45) is 0 Å². The molecule has 0 radical (unpaired) electrons. The lowest BCUT2D eigenvalue weighted by atomic mass is 10.1. The quantitative estimate of drug-likeness (QED) is 0.652. The van der Waals surface area contributed by atoms with E-state index in [4.69, 9.17) is 14.7 Å². The Labute approximate surface area is 100 Å². The smallest absolute Gasteiger partial charge is 0.172 e. The van der Waals surface area contributed by atoms with Gasteiger partial charge in [0.05, 0.1) is 12.1 Å². The van der Waals surface area contributed by atoms with E-state index in [9.17, 15) is 4.79 Å². The lowest BCUT2D eigenvalue weighted by Crippen LogP contribution is -2.19. The number of hydroxylamine groups is 1. The fraction of sp³-hybridized carbons (Fsp3) is 0.300. The molecule has 1 aromatic carbocycles. The van der Waals surface area contributed by atoms with Crippen molar-refractivity contribution < 1.29 is 19.5 Å². The number of nitrogens with one attached hydrogen (secondary N) is 1. The maximum Gasteiger partial charge on any atom is 0.172 e. The first-order chi connectivity index (χ1) is 7.77. The first kappa shape index (κ1) is 11.4. The zero-order valence-corrected chi connectivity index (χ0v) is 9.91. The van der Waals surface area contributed by atoms with Gasteiger partial charge < -0.3 is 14.7 Å². The van der Waals surface area contributed by atoms with Crippen LogP contribution >= 0.6 is 15.9 Å². The van der Waals surface area contributed by atoms with Crippen molar-refractivity contribution in [3.05, 3.63) is 21.7 Å². The molecule has 1 aliphatic rings. The predicted molar refractivity (Wildman–Crippen MR) is 59.1 cm³/mol. The summed E-state index contributed by atoms with van der Waals surface area (Å²) in [5.41, 5.74) is 3.22. The molecule has 0 saturated carbocycles. The molecule has 2 N–H and O–H groups in total. The van der Waals surface area contributed by atoms with Crippen molar-refractivity contribution in [3.8, 4) is 11.5 Å². The molecule has 0 bridgehead atoms. The summed E-state index contributed by atoms with van der Waals surface area (Å²) in [6, 6.07) is 1.65. The van der Waals surface area contributed by atoms with E-state index in [1.807, 2.05) is 0 Å². The van der Waals surface area contributed by atoms with E-state index < -0.39 is 0 Å². The van der Waals surface area contributed by atoms with Gasteiger partial charge in [-0.2, -0.15) is 0 Å². The molecule has 1 heterocycles. The summed E-state index contributed by atoms with van der Waals surface area (Å²) in [6.07, 6.45) is 0.717. The van der Waals surface area contributed by atoms with Crippen LogP contribution in [0.3, 0.4) is 0 Å². The van der Waals surface area contributed by atoms with E-state index in [0.29, 0.717) is 41.0 Å². The maximum absolute atomic E-state index is 10.9. The number of ether oxygens (including phenoxy) is 2. The number of carbonyl (C=O) groups is 1. The van der Waals surface area contributed by atoms with Crippen LogP contribution in [0, 0.1) is 0 Å². The van der Waals surface area contributed by atoms with Crippen molar-refractivity contribution in [2.45, 2.75) is 6.54 Å². The highest BCUT2D eigenvalue weighted by molar-refractivity contribution is 9.10. The molecule has 0 spiro atoms. The third-order valence-corrected chi connectivity index (χ3v) is 2.98. The zero-order valence-electron chi connectivity index (χ0n) is 8.33. The topological polar surface area (TPSA) is 67.8 Å². The third-order valence-electron chi connectivity index (χ3n) is 2.27.